The molecular formula is C12H16N4. The Balaban J connectivity index is 1.74. The molecule has 4 nitrogen and oxygen atoms in total. The van der Waals surface area contributed by atoms with Gasteiger partial charge in [0.15, 0.2) is 0 Å². The van der Waals surface area contributed by atoms with E-state index in [-0.39, 0.29) is 0 Å². The minimum Gasteiger partial charge on any atom is -0.370 e. The zero-order valence-electron chi connectivity index (χ0n) is 9.24. The maximum Gasteiger partial charge on any atom is 0.125 e. The van der Waals surface area contributed by atoms with Gasteiger partial charge in [-0.25, -0.2) is 4.98 Å². The van der Waals surface area contributed by atoms with Gasteiger partial charge in [-0.1, -0.05) is 0 Å². The lowest BCUT2D eigenvalue weighted by Crippen LogP contribution is -2.13. The van der Waals surface area contributed by atoms with Crippen molar-refractivity contribution in [3.05, 3.63) is 23.9 Å². The van der Waals surface area contributed by atoms with Crippen molar-refractivity contribution in [2.45, 2.75) is 12.8 Å². The molecule has 1 saturated heterocycles. The normalized spacial score (nSPS) is 19.3. The second kappa shape index (κ2) is 5.47. The van der Waals surface area contributed by atoms with Gasteiger partial charge in [0.2, 0.25) is 0 Å². The van der Waals surface area contributed by atoms with Crippen molar-refractivity contribution in [3.8, 4) is 6.07 Å². The summed E-state index contributed by atoms with van der Waals surface area (Å²) in [4.78, 5) is 4.16. The van der Waals surface area contributed by atoms with E-state index in [0.717, 1.165) is 31.4 Å². The SMILES string of the molecule is N#Cc1ccc(NCCC2CCNC2)nc1. The molecule has 1 aromatic rings. The van der Waals surface area contributed by atoms with E-state index < -0.39 is 0 Å². The first-order valence-corrected chi connectivity index (χ1v) is 5.69. The van der Waals surface area contributed by atoms with Crippen LogP contribution in [-0.4, -0.2) is 24.6 Å². The van der Waals surface area contributed by atoms with Crippen LogP contribution < -0.4 is 10.6 Å². The van der Waals surface area contributed by atoms with Crippen molar-refractivity contribution in [2.24, 2.45) is 5.92 Å². The Labute approximate surface area is 95.7 Å². The van der Waals surface area contributed by atoms with Crippen LogP contribution in [-0.2, 0) is 0 Å². The number of hydrogen-bond donors (Lipinski definition) is 2. The average molecular weight is 216 g/mol. The molecule has 0 amide bonds. The van der Waals surface area contributed by atoms with Gasteiger partial charge in [0.05, 0.1) is 5.56 Å². The summed E-state index contributed by atoms with van der Waals surface area (Å²) in [5.41, 5.74) is 0.602. The summed E-state index contributed by atoms with van der Waals surface area (Å²) in [6.07, 6.45) is 4.05. The van der Waals surface area contributed by atoms with Crippen LogP contribution in [0.1, 0.15) is 18.4 Å². The molecule has 0 saturated carbocycles. The van der Waals surface area contributed by atoms with Crippen LogP contribution >= 0.6 is 0 Å². The van der Waals surface area contributed by atoms with Crippen LogP contribution in [0, 0.1) is 17.2 Å². The second-order valence-corrected chi connectivity index (χ2v) is 4.12. The molecule has 1 fully saturated rings. The minimum atomic E-state index is 0.602. The lowest BCUT2D eigenvalue weighted by Gasteiger charge is -2.09. The van der Waals surface area contributed by atoms with Crippen LogP contribution in [0.2, 0.25) is 0 Å². The fourth-order valence-corrected chi connectivity index (χ4v) is 1.93. The summed E-state index contributed by atoms with van der Waals surface area (Å²) in [6.45, 7) is 3.24. The number of anilines is 1. The zero-order valence-corrected chi connectivity index (χ0v) is 9.24. The molecule has 1 aliphatic rings. The van der Waals surface area contributed by atoms with Gasteiger partial charge in [0.1, 0.15) is 11.9 Å². The molecule has 0 aliphatic carbocycles. The molecular weight excluding hydrogens is 200 g/mol. The Morgan fingerprint density at radius 3 is 3.12 bits per heavy atom. The summed E-state index contributed by atoms with van der Waals surface area (Å²) < 4.78 is 0. The number of nitrogens with one attached hydrogen (secondary N) is 2. The van der Waals surface area contributed by atoms with Crippen LogP contribution in [0.15, 0.2) is 18.3 Å². The molecule has 2 heterocycles. The van der Waals surface area contributed by atoms with Crippen molar-refractivity contribution in [2.75, 3.05) is 25.0 Å². The number of pyridine rings is 1. The Hall–Kier alpha value is -1.60. The number of nitriles is 1. The van der Waals surface area contributed by atoms with Crippen LogP contribution in [0.3, 0.4) is 0 Å². The van der Waals surface area contributed by atoms with Crippen LogP contribution in [0.4, 0.5) is 5.82 Å². The van der Waals surface area contributed by atoms with Gasteiger partial charge in [-0.15, -0.1) is 0 Å². The molecule has 4 heteroatoms. The molecule has 0 spiro atoms. The van der Waals surface area contributed by atoms with E-state index in [1.165, 1.54) is 12.8 Å². The molecule has 84 valence electrons. The first kappa shape index (κ1) is 10.9. The summed E-state index contributed by atoms with van der Waals surface area (Å²) in [5.74, 6) is 1.65. The summed E-state index contributed by atoms with van der Waals surface area (Å²) in [7, 11) is 0. The highest BCUT2D eigenvalue weighted by molar-refractivity contribution is 5.38. The third-order valence-corrected chi connectivity index (χ3v) is 2.91. The molecule has 2 N–H and O–H groups in total. The van der Waals surface area contributed by atoms with Gasteiger partial charge in [-0.05, 0) is 44.0 Å². The lowest BCUT2D eigenvalue weighted by molar-refractivity contribution is 0.549. The number of nitrogens with zero attached hydrogens (tertiary/aromatic N) is 2. The molecule has 1 aromatic heterocycles. The van der Waals surface area contributed by atoms with E-state index in [1.807, 2.05) is 6.07 Å². The Kier molecular flexibility index (Phi) is 3.73. The summed E-state index contributed by atoms with van der Waals surface area (Å²) >= 11 is 0. The van der Waals surface area contributed by atoms with Crippen LogP contribution in [0.25, 0.3) is 0 Å². The Bertz CT molecular complexity index is 360. The van der Waals surface area contributed by atoms with Gasteiger partial charge in [0, 0.05) is 12.7 Å². The van der Waals surface area contributed by atoms with Gasteiger partial charge < -0.3 is 10.6 Å². The predicted molar refractivity (Wildman–Crippen MR) is 63.0 cm³/mol. The Morgan fingerprint density at radius 1 is 1.56 bits per heavy atom. The predicted octanol–water partition coefficient (Wildman–Crippen LogP) is 1.36. The maximum atomic E-state index is 8.63. The molecule has 1 unspecified atom stereocenters. The van der Waals surface area contributed by atoms with Crippen LogP contribution in [0.5, 0.6) is 0 Å². The minimum absolute atomic E-state index is 0.602. The van der Waals surface area contributed by atoms with E-state index in [9.17, 15) is 0 Å². The van der Waals surface area contributed by atoms with Crippen molar-refractivity contribution < 1.29 is 0 Å². The maximum absolute atomic E-state index is 8.63. The number of rotatable bonds is 4. The van der Waals surface area contributed by atoms with Crippen molar-refractivity contribution in [1.29, 1.82) is 5.26 Å². The first-order chi connectivity index (χ1) is 7.88. The topological polar surface area (TPSA) is 60.7 Å². The van der Waals surface area contributed by atoms with Crippen molar-refractivity contribution in [1.82, 2.24) is 10.3 Å². The summed E-state index contributed by atoms with van der Waals surface area (Å²) in [5, 5.41) is 15.3. The average Bonchev–Trinajstić information content (AvgIpc) is 2.83. The third kappa shape index (κ3) is 2.94. The van der Waals surface area contributed by atoms with Gasteiger partial charge >= 0.3 is 0 Å². The Morgan fingerprint density at radius 2 is 2.50 bits per heavy atom. The highest BCUT2D eigenvalue weighted by Gasteiger charge is 2.13. The fraction of sp³-hybridized carbons (Fsp3) is 0.500. The molecule has 0 bridgehead atoms. The lowest BCUT2D eigenvalue weighted by atomic mass is 10.1. The van der Waals surface area contributed by atoms with Crippen molar-refractivity contribution in [3.63, 3.8) is 0 Å². The van der Waals surface area contributed by atoms with Gasteiger partial charge in [-0.2, -0.15) is 5.26 Å². The van der Waals surface area contributed by atoms with E-state index >= 15 is 0 Å². The molecule has 1 aliphatic heterocycles. The highest BCUT2D eigenvalue weighted by Crippen LogP contribution is 2.12. The fourth-order valence-electron chi connectivity index (χ4n) is 1.93. The number of aromatic nitrogens is 1. The largest absolute Gasteiger partial charge is 0.370 e. The second-order valence-electron chi connectivity index (χ2n) is 4.12. The molecule has 0 aromatic carbocycles. The molecule has 0 radical (unpaired) electrons. The quantitative estimate of drug-likeness (QED) is 0.798. The molecule has 1 atom stereocenters. The highest BCUT2D eigenvalue weighted by atomic mass is 15.0. The van der Waals surface area contributed by atoms with Crippen molar-refractivity contribution >= 4 is 5.82 Å². The number of hydrogen-bond acceptors (Lipinski definition) is 4. The first-order valence-electron chi connectivity index (χ1n) is 5.69. The van der Waals surface area contributed by atoms with E-state index in [1.54, 1.807) is 12.3 Å². The standard InChI is InChI=1S/C12H16N4/c13-7-11-1-2-12(16-9-11)15-6-4-10-3-5-14-8-10/h1-2,9-10,14H,3-6,8H2,(H,15,16). The monoisotopic (exact) mass is 216 g/mol. The van der Waals surface area contributed by atoms with Gasteiger partial charge in [0.25, 0.3) is 0 Å². The smallest absolute Gasteiger partial charge is 0.125 e. The van der Waals surface area contributed by atoms with E-state index in [4.69, 9.17) is 5.26 Å². The van der Waals surface area contributed by atoms with Gasteiger partial charge in [-0.3, -0.25) is 0 Å². The van der Waals surface area contributed by atoms with E-state index in [2.05, 4.69) is 21.7 Å². The zero-order chi connectivity index (χ0) is 11.2. The molecule has 16 heavy (non-hydrogen) atoms. The van der Waals surface area contributed by atoms with E-state index in [0.29, 0.717) is 5.56 Å². The summed E-state index contributed by atoms with van der Waals surface area (Å²) in [6, 6.07) is 5.69. The molecule has 2 rings (SSSR count). The third-order valence-electron chi connectivity index (χ3n) is 2.91.